The third kappa shape index (κ3) is 7.53. The topological polar surface area (TPSA) is 27.6 Å². The minimum atomic E-state index is -4.37. The average molecular weight is 384 g/mol. The molecule has 1 saturated carbocycles. The van der Waals surface area contributed by atoms with E-state index in [0.717, 1.165) is 69.3 Å². The summed E-state index contributed by atoms with van der Waals surface area (Å²) in [4.78, 5) is 0. The number of nitrogens with zero attached hydrogens (tertiary/aromatic N) is 2. The number of allylic oxidation sites excluding steroid dienone is 4. The zero-order valence-electron chi connectivity index (χ0n) is 16.3. The van der Waals surface area contributed by atoms with E-state index in [-0.39, 0.29) is 0 Å². The number of rotatable bonds is 6. The summed E-state index contributed by atoms with van der Waals surface area (Å²) in [7, 11) is 0. The zero-order chi connectivity index (χ0) is 19.7. The predicted octanol–water partition coefficient (Wildman–Crippen LogP) is 5.37. The smallest absolute Gasteiger partial charge is 0.316 e. The molecule has 0 amide bonds. The summed E-state index contributed by atoms with van der Waals surface area (Å²) >= 11 is 0. The van der Waals surface area contributed by atoms with E-state index in [0.29, 0.717) is 12.6 Å². The zero-order valence-corrected chi connectivity index (χ0v) is 16.3. The lowest BCUT2D eigenvalue weighted by atomic mass is 10.1. The third-order valence-electron chi connectivity index (χ3n) is 5.18. The van der Waals surface area contributed by atoms with Crippen molar-refractivity contribution < 1.29 is 13.2 Å². The maximum atomic E-state index is 12.9. The molecule has 0 atom stereocenters. The Hall–Kier alpha value is -1.56. The fourth-order valence-corrected chi connectivity index (χ4v) is 3.61. The van der Waals surface area contributed by atoms with E-state index in [1.165, 1.54) is 18.6 Å². The van der Waals surface area contributed by atoms with E-state index in [1.54, 1.807) is 6.08 Å². The molecule has 1 heterocycles. The van der Waals surface area contributed by atoms with Gasteiger partial charge in [-0.25, -0.2) is 0 Å². The number of hydrogen-bond acceptors (Lipinski definition) is 3. The van der Waals surface area contributed by atoms with E-state index >= 15 is 0 Å². The molecular weight excluding hydrogens is 351 g/mol. The molecule has 0 unspecified atom stereocenters. The Bertz CT molecular complexity index is 560. The Kier molecular flexibility index (Phi) is 8.61. The Morgan fingerprint density at radius 1 is 1.15 bits per heavy atom. The van der Waals surface area contributed by atoms with Gasteiger partial charge in [0, 0.05) is 18.3 Å². The molecule has 2 fully saturated rings. The second-order valence-electron chi connectivity index (χ2n) is 7.50. The van der Waals surface area contributed by atoms with Gasteiger partial charge in [-0.05, 0) is 52.0 Å². The summed E-state index contributed by atoms with van der Waals surface area (Å²) < 4.78 is 38.6. The lowest BCUT2D eigenvalue weighted by Gasteiger charge is -2.28. The highest BCUT2D eigenvalue weighted by molar-refractivity contribution is 5.84. The fourth-order valence-electron chi connectivity index (χ4n) is 3.61. The molecule has 0 radical (unpaired) electrons. The van der Waals surface area contributed by atoms with Crippen molar-refractivity contribution in [3.63, 3.8) is 0 Å². The maximum absolute atomic E-state index is 12.9. The molecule has 0 aromatic carbocycles. The van der Waals surface area contributed by atoms with Crippen molar-refractivity contribution >= 4 is 5.71 Å². The van der Waals surface area contributed by atoms with Crippen molar-refractivity contribution in [3.8, 4) is 0 Å². The molecule has 27 heavy (non-hydrogen) atoms. The van der Waals surface area contributed by atoms with Gasteiger partial charge in [-0.3, -0.25) is 5.01 Å². The van der Waals surface area contributed by atoms with E-state index < -0.39 is 11.7 Å². The van der Waals surface area contributed by atoms with Crippen molar-refractivity contribution in [2.75, 3.05) is 19.6 Å². The van der Waals surface area contributed by atoms with Crippen LogP contribution in [0.5, 0.6) is 0 Å². The second kappa shape index (κ2) is 10.7. The summed E-state index contributed by atoms with van der Waals surface area (Å²) in [6.07, 6.45) is 8.03. The molecule has 1 aliphatic carbocycles. The monoisotopic (exact) mass is 383 g/mol. The van der Waals surface area contributed by atoms with Gasteiger partial charge in [-0.2, -0.15) is 18.3 Å². The van der Waals surface area contributed by atoms with Gasteiger partial charge in [-0.15, -0.1) is 0 Å². The normalized spacial score (nSPS) is 22.6. The van der Waals surface area contributed by atoms with Gasteiger partial charge in [-0.1, -0.05) is 43.2 Å². The van der Waals surface area contributed by atoms with Crippen LogP contribution in [-0.4, -0.2) is 42.6 Å². The molecule has 1 aliphatic heterocycles. The SMILES string of the molecule is C=C/C(=C\C=C(/C)CN(/N=C1\CCCCNCC1)C1CCCC1)C(F)(F)F. The average Bonchev–Trinajstić information content (AvgIpc) is 3.10. The molecule has 2 aliphatic rings. The largest absolute Gasteiger partial charge is 0.416 e. The Morgan fingerprint density at radius 3 is 2.56 bits per heavy atom. The number of nitrogens with one attached hydrogen (secondary N) is 1. The molecule has 2 rings (SSSR count). The second-order valence-corrected chi connectivity index (χ2v) is 7.50. The highest BCUT2D eigenvalue weighted by Crippen LogP contribution is 2.27. The number of halogens is 3. The van der Waals surface area contributed by atoms with Gasteiger partial charge < -0.3 is 5.32 Å². The molecule has 0 spiro atoms. The van der Waals surface area contributed by atoms with Crippen LogP contribution in [0.4, 0.5) is 13.2 Å². The van der Waals surface area contributed by atoms with Gasteiger partial charge in [0.05, 0.1) is 12.1 Å². The molecule has 0 aromatic heterocycles. The van der Waals surface area contributed by atoms with Crippen LogP contribution in [0.1, 0.15) is 58.3 Å². The van der Waals surface area contributed by atoms with Gasteiger partial charge in [0.15, 0.2) is 0 Å². The molecular formula is C21H32F3N3. The van der Waals surface area contributed by atoms with Crippen LogP contribution in [-0.2, 0) is 0 Å². The summed E-state index contributed by atoms with van der Waals surface area (Å²) in [6, 6.07) is 0.393. The Morgan fingerprint density at radius 2 is 1.89 bits per heavy atom. The van der Waals surface area contributed by atoms with E-state index in [2.05, 4.69) is 16.9 Å². The van der Waals surface area contributed by atoms with Crippen LogP contribution in [0.3, 0.4) is 0 Å². The number of hydrazone groups is 1. The lowest BCUT2D eigenvalue weighted by Crippen LogP contribution is -2.32. The van der Waals surface area contributed by atoms with Crippen molar-refractivity contribution in [3.05, 3.63) is 36.0 Å². The minimum absolute atomic E-state index is 0.393. The molecule has 152 valence electrons. The molecule has 3 nitrogen and oxygen atoms in total. The highest BCUT2D eigenvalue weighted by atomic mass is 19.4. The van der Waals surface area contributed by atoms with Crippen LogP contribution >= 0.6 is 0 Å². The summed E-state index contributed by atoms with van der Waals surface area (Å²) in [5, 5.41) is 10.5. The molecule has 1 saturated heterocycles. The fraction of sp³-hybridized carbons (Fsp3) is 0.667. The standard InChI is InChI=1S/C21H32F3N3/c1-3-18(21(22,23)24)12-11-17(2)16-27(20-9-4-5-10-20)26-19-8-6-7-14-25-15-13-19/h3,11-12,20,25H,1,4-10,13-16H2,2H3/b17-11+,18-12+,26-19+. The third-order valence-corrected chi connectivity index (χ3v) is 5.18. The summed E-state index contributed by atoms with van der Waals surface area (Å²) in [5.74, 6) is 0. The van der Waals surface area contributed by atoms with Crippen molar-refractivity contribution in [2.24, 2.45) is 5.10 Å². The van der Waals surface area contributed by atoms with Crippen LogP contribution in [0.2, 0.25) is 0 Å². The first kappa shape index (κ1) is 21.7. The number of hydrogen-bond donors (Lipinski definition) is 1. The predicted molar refractivity (Wildman–Crippen MR) is 106 cm³/mol. The first-order valence-corrected chi connectivity index (χ1v) is 10.0. The first-order valence-electron chi connectivity index (χ1n) is 10.0. The van der Waals surface area contributed by atoms with Crippen molar-refractivity contribution in [1.29, 1.82) is 0 Å². The van der Waals surface area contributed by atoms with Crippen LogP contribution in [0.15, 0.2) is 41.1 Å². The van der Waals surface area contributed by atoms with Gasteiger partial charge in [0.25, 0.3) is 0 Å². The minimum Gasteiger partial charge on any atom is -0.316 e. The van der Waals surface area contributed by atoms with Gasteiger partial charge in [0.2, 0.25) is 0 Å². The lowest BCUT2D eigenvalue weighted by molar-refractivity contribution is -0.0881. The molecule has 0 bridgehead atoms. The highest BCUT2D eigenvalue weighted by Gasteiger charge is 2.30. The van der Waals surface area contributed by atoms with Gasteiger partial charge >= 0.3 is 6.18 Å². The summed E-state index contributed by atoms with van der Waals surface area (Å²) in [5.41, 5.74) is 1.37. The quantitative estimate of drug-likeness (QED) is 0.493. The van der Waals surface area contributed by atoms with Crippen LogP contribution in [0, 0.1) is 0 Å². The van der Waals surface area contributed by atoms with Crippen molar-refractivity contribution in [1.82, 2.24) is 10.3 Å². The van der Waals surface area contributed by atoms with Crippen molar-refractivity contribution in [2.45, 2.75) is 70.5 Å². The van der Waals surface area contributed by atoms with Crippen LogP contribution < -0.4 is 5.32 Å². The Balaban J connectivity index is 2.12. The number of alkyl halides is 3. The first-order chi connectivity index (χ1) is 12.9. The van der Waals surface area contributed by atoms with Gasteiger partial charge in [0.1, 0.15) is 0 Å². The molecule has 0 aromatic rings. The van der Waals surface area contributed by atoms with E-state index in [1.807, 2.05) is 6.92 Å². The van der Waals surface area contributed by atoms with Crippen LogP contribution in [0.25, 0.3) is 0 Å². The van der Waals surface area contributed by atoms with E-state index in [4.69, 9.17) is 5.10 Å². The summed E-state index contributed by atoms with van der Waals surface area (Å²) in [6.45, 7) is 7.72. The Labute approximate surface area is 161 Å². The molecule has 1 N–H and O–H groups in total. The maximum Gasteiger partial charge on any atom is 0.416 e. The molecule has 6 heteroatoms. The van der Waals surface area contributed by atoms with E-state index in [9.17, 15) is 13.2 Å².